The number of carbonyl (C=O) groups is 1. The van der Waals surface area contributed by atoms with Crippen molar-refractivity contribution < 1.29 is 9.53 Å². The predicted octanol–water partition coefficient (Wildman–Crippen LogP) is 4.55. The Labute approximate surface area is 124 Å². The molecule has 1 aromatic carbocycles. The molecule has 0 heterocycles. The zero-order chi connectivity index (χ0) is 14.6. The van der Waals surface area contributed by atoms with E-state index < -0.39 is 0 Å². The van der Waals surface area contributed by atoms with Crippen LogP contribution in [0.5, 0.6) is 5.75 Å². The number of rotatable bonds is 4. The summed E-state index contributed by atoms with van der Waals surface area (Å²) in [6, 6.07) is 4.20. The molecule has 0 saturated carbocycles. The van der Waals surface area contributed by atoms with Crippen LogP contribution in [0.2, 0.25) is 0 Å². The first kappa shape index (κ1) is 16.2. The summed E-state index contributed by atoms with van der Waals surface area (Å²) < 4.78 is 5.53. The summed E-state index contributed by atoms with van der Waals surface area (Å²) in [7, 11) is 0. The number of aryl methyl sites for hydroxylation is 1. The van der Waals surface area contributed by atoms with Crippen molar-refractivity contribution in [3.8, 4) is 5.75 Å². The average Bonchev–Trinajstić information content (AvgIpc) is 2.26. The van der Waals surface area contributed by atoms with Crippen molar-refractivity contribution in [1.29, 1.82) is 0 Å². The molecule has 0 spiro atoms. The van der Waals surface area contributed by atoms with Crippen LogP contribution in [-0.4, -0.2) is 11.3 Å². The van der Waals surface area contributed by atoms with Crippen molar-refractivity contribution in [1.82, 2.24) is 0 Å². The first-order chi connectivity index (χ1) is 8.77. The zero-order valence-electron chi connectivity index (χ0n) is 12.5. The van der Waals surface area contributed by atoms with Gasteiger partial charge in [-0.05, 0) is 36.3 Å². The molecule has 0 saturated heterocycles. The SMILES string of the molecule is CC(=O)Oc1c(C(C)(C)C)ccc(C)c1CCCBr. The molecule has 1 aromatic rings. The van der Waals surface area contributed by atoms with Crippen LogP contribution in [-0.2, 0) is 16.6 Å². The smallest absolute Gasteiger partial charge is 0.308 e. The number of hydrogen-bond donors (Lipinski definition) is 0. The Morgan fingerprint density at radius 3 is 2.42 bits per heavy atom. The minimum Gasteiger partial charge on any atom is -0.426 e. The first-order valence-electron chi connectivity index (χ1n) is 6.64. The van der Waals surface area contributed by atoms with Gasteiger partial charge in [0.1, 0.15) is 5.75 Å². The summed E-state index contributed by atoms with van der Waals surface area (Å²) in [4.78, 5) is 11.4. The lowest BCUT2D eigenvalue weighted by Gasteiger charge is -2.25. The molecule has 0 aliphatic heterocycles. The Balaban J connectivity index is 3.36. The van der Waals surface area contributed by atoms with Crippen LogP contribution in [0.4, 0.5) is 0 Å². The van der Waals surface area contributed by atoms with Crippen molar-refractivity contribution in [2.24, 2.45) is 0 Å². The third kappa shape index (κ3) is 4.34. The number of carbonyl (C=O) groups excluding carboxylic acids is 1. The monoisotopic (exact) mass is 326 g/mol. The topological polar surface area (TPSA) is 26.3 Å². The first-order valence-corrected chi connectivity index (χ1v) is 7.77. The van der Waals surface area contributed by atoms with Crippen LogP contribution in [0, 0.1) is 6.92 Å². The molecule has 19 heavy (non-hydrogen) atoms. The molecule has 0 aliphatic rings. The van der Waals surface area contributed by atoms with Crippen LogP contribution in [0.1, 0.15) is 50.8 Å². The summed E-state index contributed by atoms with van der Waals surface area (Å²) in [6.07, 6.45) is 1.95. The average molecular weight is 327 g/mol. The number of hydrogen-bond acceptors (Lipinski definition) is 2. The van der Waals surface area contributed by atoms with Gasteiger partial charge < -0.3 is 4.74 Å². The van der Waals surface area contributed by atoms with Crippen LogP contribution in [0.3, 0.4) is 0 Å². The molecule has 0 atom stereocenters. The van der Waals surface area contributed by atoms with E-state index in [1.54, 1.807) is 0 Å². The highest BCUT2D eigenvalue weighted by atomic mass is 79.9. The minimum atomic E-state index is -0.254. The number of esters is 1. The second-order valence-corrected chi connectivity index (χ2v) is 6.67. The van der Waals surface area contributed by atoms with Gasteiger partial charge in [0.15, 0.2) is 0 Å². The third-order valence-corrected chi connectivity index (χ3v) is 3.67. The molecule has 0 fully saturated rings. The maximum absolute atomic E-state index is 11.4. The molecular weight excluding hydrogens is 304 g/mol. The summed E-state index contributed by atoms with van der Waals surface area (Å²) in [5.41, 5.74) is 3.40. The molecule has 0 N–H and O–H groups in total. The van der Waals surface area contributed by atoms with E-state index in [0.717, 1.165) is 35.0 Å². The second kappa shape index (κ2) is 6.56. The van der Waals surface area contributed by atoms with Gasteiger partial charge in [0.2, 0.25) is 0 Å². The Morgan fingerprint density at radius 2 is 1.95 bits per heavy atom. The van der Waals surface area contributed by atoms with Gasteiger partial charge >= 0.3 is 5.97 Å². The predicted molar refractivity (Wildman–Crippen MR) is 83.3 cm³/mol. The maximum Gasteiger partial charge on any atom is 0.308 e. The molecule has 0 radical (unpaired) electrons. The van der Waals surface area contributed by atoms with Gasteiger partial charge in [-0.2, -0.15) is 0 Å². The number of ether oxygens (including phenoxy) is 1. The van der Waals surface area contributed by atoms with E-state index in [2.05, 4.69) is 55.8 Å². The van der Waals surface area contributed by atoms with Gasteiger partial charge in [0.05, 0.1) is 0 Å². The van der Waals surface area contributed by atoms with Crippen LogP contribution in [0.15, 0.2) is 12.1 Å². The normalized spacial score (nSPS) is 11.5. The second-order valence-electron chi connectivity index (χ2n) is 5.87. The van der Waals surface area contributed by atoms with Crippen molar-refractivity contribution in [3.05, 3.63) is 28.8 Å². The molecule has 0 aromatic heterocycles. The van der Waals surface area contributed by atoms with Crippen molar-refractivity contribution >= 4 is 21.9 Å². The van der Waals surface area contributed by atoms with E-state index >= 15 is 0 Å². The quantitative estimate of drug-likeness (QED) is 0.461. The summed E-state index contributed by atoms with van der Waals surface area (Å²) in [5.74, 6) is 0.511. The van der Waals surface area contributed by atoms with Crippen LogP contribution >= 0.6 is 15.9 Å². The van der Waals surface area contributed by atoms with Gasteiger partial charge in [-0.1, -0.05) is 48.8 Å². The molecule has 106 valence electrons. The van der Waals surface area contributed by atoms with E-state index in [1.165, 1.54) is 12.5 Å². The maximum atomic E-state index is 11.4. The molecule has 1 rings (SSSR count). The largest absolute Gasteiger partial charge is 0.426 e. The molecule has 2 nitrogen and oxygen atoms in total. The Morgan fingerprint density at radius 1 is 1.32 bits per heavy atom. The van der Waals surface area contributed by atoms with Gasteiger partial charge in [0, 0.05) is 17.8 Å². The fraction of sp³-hybridized carbons (Fsp3) is 0.562. The summed E-state index contributed by atoms with van der Waals surface area (Å²) in [5, 5.41) is 0.950. The molecule has 0 aliphatic carbocycles. The van der Waals surface area contributed by atoms with Crippen molar-refractivity contribution in [2.75, 3.05) is 5.33 Å². The summed E-state index contributed by atoms with van der Waals surface area (Å²) >= 11 is 3.46. The van der Waals surface area contributed by atoms with E-state index in [0.29, 0.717) is 0 Å². The van der Waals surface area contributed by atoms with E-state index in [9.17, 15) is 4.79 Å². The lowest BCUT2D eigenvalue weighted by molar-refractivity contribution is -0.132. The van der Waals surface area contributed by atoms with Crippen LogP contribution < -0.4 is 4.74 Å². The van der Waals surface area contributed by atoms with Crippen molar-refractivity contribution in [3.63, 3.8) is 0 Å². The van der Waals surface area contributed by atoms with E-state index in [1.807, 2.05) is 0 Å². The molecular formula is C16H23BrO2. The van der Waals surface area contributed by atoms with Gasteiger partial charge in [-0.25, -0.2) is 0 Å². The molecule has 3 heteroatoms. The Kier molecular flexibility index (Phi) is 5.60. The van der Waals surface area contributed by atoms with Gasteiger partial charge in [0.25, 0.3) is 0 Å². The van der Waals surface area contributed by atoms with Gasteiger partial charge in [-0.15, -0.1) is 0 Å². The highest BCUT2D eigenvalue weighted by Crippen LogP contribution is 2.36. The van der Waals surface area contributed by atoms with Crippen molar-refractivity contribution in [2.45, 2.75) is 52.9 Å². The third-order valence-electron chi connectivity index (χ3n) is 3.11. The fourth-order valence-electron chi connectivity index (χ4n) is 2.13. The van der Waals surface area contributed by atoms with Gasteiger partial charge in [-0.3, -0.25) is 4.79 Å². The lowest BCUT2D eigenvalue weighted by Crippen LogP contribution is -2.17. The lowest BCUT2D eigenvalue weighted by atomic mass is 9.83. The standard InChI is InChI=1S/C16H23BrO2/c1-11-8-9-14(16(3,4)5)15(19-12(2)18)13(11)7-6-10-17/h8-9H,6-7,10H2,1-5H3. The minimum absolute atomic E-state index is 0.0400. The number of alkyl halides is 1. The fourth-order valence-corrected chi connectivity index (χ4v) is 2.41. The highest BCUT2D eigenvalue weighted by Gasteiger charge is 2.23. The molecule has 0 amide bonds. The number of halogens is 1. The van der Waals surface area contributed by atoms with E-state index in [4.69, 9.17) is 4.74 Å². The zero-order valence-corrected chi connectivity index (χ0v) is 14.1. The molecule has 0 unspecified atom stereocenters. The van der Waals surface area contributed by atoms with E-state index in [-0.39, 0.29) is 11.4 Å². The Bertz CT molecular complexity index is 459. The Hall–Kier alpha value is -0.830. The molecule has 0 bridgehead atoms. The van der Waals surface area contributed by atoms with Crippen LogP contribution in [0.25, 0.3) is 0 Å². The summed E-state index contributed by atoms with van der Waals surface area (Å²) in [6.45, 7) is 9.95. The number of benzene rings is 1. The highest BCUT2D eigenvalue weighted by molar-refractivity contribution is 9.09.